The summed E-state index contributed by atoms with van der Waals surface area (Å²) >= 11 is 0. The summed E-state index contributed by atoms with van der Waals surface area (Å²) in [5.41, 5.74) is 10.5. The average Bonchev–Trinajstić information content (AvgIpc) is 2.25. The normalized spacial score (nSPS) is 9.56. The Kier molecular flexibility index (Phi) is 7.65. The third-order valence-electron chi connectivity index (χ3n) is 2.61. The summed E-state index contributed by atoms with van der Waals surface area (Å²) in [5.74, 6) is 0. The molecule has 0 aromatic heterocycles. The molecule has 0 saturated carbocycles. The highest BCUT2D eigenvalue weighted by Crippen LogP contribution is 2.17. The SMILES string of the molecule is CCNCC.CCc1cc(C)c(N)cc1C. The monoisotopic (exact) mass is 222 g/mol. The van der Waals surface area contributed by atoms with Gasteiger partial charge >= 0.3 is 0 Å². The second-order valence-corrected chi connectivity index (χ2v) is 3.95. The van der Waals surface area contributed by atoms with E-state index in [4.69, 9.17) is 5.73 Å². The summed E-state index contributed by atoms with van der Waals surface area (Å²) in [4.78, 5) is 0. The summed E-state index contributed by atoms with van der Waals surface area (Å²) < 4.78 is 0. The summed E-state index contributed by atoms with van der Waals surface area (Å²) in [6.07, 6.45) is 1.09. The second-order valence-electron chi connectivity index (χ2n) is 3.95. The highest BCUT2D eigenvalue weighted by molar-refractivity contribution is 5.51. The van der Waals surface area contributed by atoms with Crippen molar-refractivity contribution in [1.29, 1.82) is 0 Å². The Hall–Kier alpha value is -1.02. The maximum Gasteiger partial charge on any atom is 0.0346 e. The van der Waals surface area contributed by atoms with Crippen molar-refractivity contribution in [3.05, 3.63) is 28.8 Å². The van der Waals surface area contributed by atoms with Gasteiger partial charge in [-0.05, 0) is 56.1 Å². The summed E-state index contributed by atoms with van der Waals surface area (Å²) in [6.45, 7) is 12.7. The molecule has 0 atom stereocenters. The van der Waals surface area contributed by atoms with E-state index < -0.39 is 0 Å². The topological polar surface area (TPSA) is 38.0 Å². The molecule has 0 bridgehead atoms. The fourth-order valence-electron chi connectivity index (χ4n) is 1.53. The highest BCUT2D eigenvalue weighted by atomic mass is 14.8. The van der Waals surface area contributed by atoms with Gasteiger partial charge < -0.3 is 11.1 Å². The van der Waals surface area contributed by atoms with E-state index in [0.717, 1.165) is 25.2 Å². The number of nitrogens with two attached hydrogens (primary N) is 1. The molecule has 1 aromatic carbocycles. The first-order valence-electron chi connectivity index (χ1n) is 6.13. The standard InChI is InChI=1S/C10H15N.C4H11N/c1-4-9-5-8(3)10(11)6-7(9)2;1-3-5-4-2/h5-6H,4,11H2,1-3H3;5H,3-4H2,1-2H3. The molecule has 0 amide bonds. The number of nitrogens with one attached hydrogen (secondary N) is 1. The van der Waals surface area contributed by atoms with Crippen LogP contribution in [0.2, 0.25) is 0 Å². The Bertz CT molecular complexity index is 304. The van der Waals surface area contributed by atoms with E-state index in [1.807, 2.05) is 13.0 Å². The lowest BCUT2D eigenvalue weighted by Crippen LogP contribution is -2.09. The summed E-state index contributed by atoms with van der Waals surface area (Å²) in [7, 11) is 0. The molecule has 0 heterocycles. The van der Waals surface area contributed by atoms with Gasteiger partial charge in [-0.15, -0.1) is 0 Å². The van der Waals surface area contributed by atoms with Crippen LogP contribution < -0.4 is 11.1 Å². The van der Waals surface area contributed by atoms with Crippen molar-refractivity contribution < 1.29 is 0 Å². The van der Waals surface area contributed by atoms with Crippen molar-refractivity contribution in [2.75, 3.05) is 18.8 Å². The van der Waals surface area contributed by atoms with Gasteiger partial charge in [-0.25, -0.2) is 0 Å². The van der Waals surface area contributed by atoms with E-state index in [0.29, 0.717) is 0 Å². The number of hydrogen-bond acceptors (Lipinski definition) is 2. The Morgan fingerprint density at radius 2 is 1.56 bits per heavy atom. The molecule has 16 heavy (non-hydrogen) atoms. The molecule has 0 saturated heterocycles. The molecule has 2 heteroatoms. The van der Waals surface area contributed by atoms with Gasteiger partial charge in [0.25, 0.3) is 0 Å². The molecule has 1 aromatic rings. The molecule has 0 spiro atoms. The van der Waals surface area contributed by atoms with Crippen LogP contribution in [0.5, 0.6) is 0 Å². The second kappa shape index (κ2) is 8.17. The van der Waals surface area contributed by atoms with Crippen LogP contribution in [0.15, 0.2) is 12.1 Å². The van der Waals surface area contributed by atoms with Crippen LogP contribution in [0.4, 0.5) is 5.69 Å². The largest absolute Gasteiger partial charge is 0.399 e. The third kappa shape index (κ3) is 5.17. The minimum absolute atomic E-state index is 0.903. The molecule has 0 unspecified atom stereocenters. The van der Waals surface area contributed by atoms with Crippen molar-refractivity contribution in [2.45, 2.75) is 41.0 Å². The van der Waals surface area contributed by atoms with Crippen molar-refractivity contribution in [2.24, 2.45) is 0 Å². The molecule has 0 aliphatic carbocycles. The smallest absolute Gasteiger partial charge is 0.0346 e. The van der Waals surface area contributed by atoms with Gasteiger partial charge in [0.1, 0.15) is 0 Å². The molecule has 0 radical (unpaired) electrons. The maximum atomic E-state index is 5.74. The van der Waals surface area contributed by atoms with Crippen LogP contribution in [0.3, 0.4) is 0 Å². The quantitative estimate of drug-likeness (QED) is 0.771. The molecule has 2 nitrogen and oxygen atoms in total. The van der Waals surface area contributed by atoms with E-state index in [1.54, 1.807) is 0 Å². The van der Waals surface area contributed by atoms with Gasteiger partial charge in [0.2, 0.25) is 0 Å². The van der Waals surface area contributed by atoms with Gasteiger partial charge in [0.05, 0.1) is 0 Å². The Morgan fingerprint density at radius 3 is 1.94 bits per heavy atom. The fourth-order valence-corrected chi connectivity index (χ4v) is 1.53. The van der Waals surface area contributed by atoms with Crippen LogP contribution in [-0.4, -0.2) is 13.1 Å². The first kappa shape index (κ1) is 15.0. The molecular formula is C14H26N2. The van der Waals surface area contributed by atoms with Gasteiger partial charge in [0.15, 0.2) is 0 Å². The Labute approximate surface area is 100 Å². The number of anilines is 1. The van der Waals surface area contributed by atoms with Gasteiger partial charge in [-0.3, -0.25) is 0 Å². The highest BCUT2D eigenvalue weighted by Gasteiger charge is 1.98. The number of nitrogen functional groups attached to an aromatic ring is 1. The van der Waals surface area contributed by atoms with Crippen LogP contribution in [0, 0.1) is 13.8 Å². The Balaban J connectivity index is 0.000000385. The maximum absolute atomic E-state index is 5.74. The summed E-state index contributed by atoms with van der Waals surface area (Å²) in [6, 6.07) is 4.22. The van der Waals surface area contributed by atoms with E-state index in [9.17, 15) is 0 Å². The van der Waals surface area contributed by atoms with Crippen LogP contribution in [0.25, 0.3) is 0 Å². The lowest BCUT2D eigenvalue weighted by Gasteiger charge is -2.06. The molecule has 0 fully saturated rings. The average molecular weight is 222 g/mol. The minimum atomic E-state index is 0.903. The minimum Gasteiger partial charge on any atom is -0.399 e. The van der Waals surface area contributed by atoms with Crippen LogP contribution in [-0.2, 0) is 6.42 Å². The number of hydrogen-bond donors (Lipinski definition) is 2. The van der Waals surface area contributed by atoms with E-state index in [2.05, 4.69) is 39.1 Å². The zero-order chi connectivity index (χ0) is 12.6. The van der Waals surface area contributed by atoms with E-state index >= 15 is 0 Å². The first-order chi connectivity index (χ1) is 7.56. The molecule has 92 valence electrons. The first-order valence-corrected chi connectivity index (χ1v) is 6.13. The fraction of sp³-hybridized carbons (Fsp3) is 0.571. The van der Waals surface area contributed by atoms with Crippen LogP contribution in [0.1, 0.15) is 37.5 Å². The predicted molar refractivity (Wildman–Crippen MR) is 73.9 cm³/mol. The number of rotatable bonds is 3. The molecule has 0 aliphatic heterocycles. The molecule has 1 rings (SSSR count). The van der Waals surface area contributed by atoms with Gasteiger partial charge in [-0.2, -0.15) is 0 Å². The van der Waals surface area contributed by atoms with Crippen molar-refractivity contribution in [3.8, 4) is 0 Å². The van der Waals surface area contributed by atoms with Gasteiger partial charge in [0, 0.05) is 5.69 Å². The van der Waals surface area contributed by atoms with Gasteiger partial charge in [-0.1, -0.05) is 26.8 Å². The van der Waals surface area contributed by atoms with E-state index in [1.165, 1.54) is 16.7 Å². The third-order valence-corrected chi connectivity index (χ3v) is 2.61. The zero-order valence-corrected chi connectivity index (χ0v) is 11.4. The molecular weight excluding hydrogens is 196 g/mol. The predicted octanol–water partition coefficient (Wildman–Crippen LogP) is 3.06. The zero-order valence-electron chi connectivity index (χ0n) is 11.4. The number of benzene rings is 1. The van der Waals surface area contributed by atoms with Crippen molar-refractivity contribution in [3.63, 3.8) is 0 Å². The number of aryl methyl sites for hydroxylation is 3. The molecule has 3 N–H and O–H groups in total. The Morgan fingerprint density at radius 1 is 1.00 bits per heavy atom. The van der Waals surface area contributed by atoms with Crippen molar-refractivity contribution >= 4 is 5.69 Å². The lowest BCUT2D eigenvalue weighted by molar-refractivity contribution is 0.762. The van der Waals surface area contributed by atoms with Crippen molar-refractivity contribution in [1.82, 2.24) is 5.32 Å². The molecule has 0 aliphatic rings. The lowest BCUT2D eigenvalue weighted by atomic mass is 10.0. The van der Waals surface area contributed by atoms with E-state index in [-0.39, 0.29) is 0 Å². The van der Waals surface area contributed by atoms with Crippen LogP contribution >= 0.6 is 0 Å². The summed E-state index contributed by atoms with van der Waals surface area (Å²) in [5, 5.41) is 3.11.